The van der Waals surface area contributed by atoms with Crippen LogP contribution in [0.3, 0.4) is 0 Å². The highest BCUT2D eigenvalue weighted by molar-refractivity contribution is 7.62. The molecule has 7 heteroatoms. The lowest BCUT2D eigenvalue weighted by Crippen LogP contribution is -2.35. The van der Waals surface area contributed by atoms with E-state index in [1.807, 2.05) is 27.7 Å². The number of hydrogen-bond acceptors (Lipinski definition) is 6. The largest absolute Gasteiger partial charge is 0.628 e. The third-order valence-corrected chi connectivity index (χ3v) is 6.41. The molecular weight excluding hydrogens is 355 g/mol. The summed E-state index contributed by atoms with van der Waals surface area (Å²) in [6.45, 7) is 8.59. The van der Waals surface area contributed by atoms with Gasteiger partial charge in [0.25, 0.3) is 7.94 Å². The first kappa shape index (κ1) is 19.3. The van der Waals surface area contributed by atoms with Crippen molar-refractivity contribution in [1.29, 1.82) is 0 Å². The van der Waals surface area contributed by atoms with Gasteiger partial charge in [0.2, 0.25) is 0 Å². The van der Waals surface area contributed by atoms with Crippen LogP contribution in [0.15, 0.2) is 17.9 Å². The molecule has 0 aliphatic carbocycles. The molecule has 1 saturated heterocycles. The van der Waals surface area contributed by atoms with Crippen LogP contribution in [0.5, 0.6) is 11.5 Å². The molecule has 1 fully saturated rings. The maximum Gasteiger partial charge on any atom is 0.264 e. The first-order valence-electron chi connectivity index (χ1n) is 8.64. The molecule has 1 atom stereocenters. The summed E-state index contributed by atoms with van der Waals surface area (Å²) in [4.78, 5) is 24.4. The molecule has 0 radical (unpaired) electrons. The number of carbonyl (C=O) groups excluding carboxylic acids is 1. The van der Waals surface area contributed by atoms with Gasteiger partial charge in [0.1, 0.15) is 30.9 Å². The average Bonchev–Trinajstić information content (AvgIpc) is 2.90. The normalized spacial score (nSPS) is 27.7. The van der Waals surface area contributed by atoms with Crippen molar-refractivity contribution in [3.05, 3.63) is 29.1 Å². The minimum absolute atomic E-state index is 0.182. The Labute approximate surface area is 154 Å². The Bertz CT molecular complexity index is 747. The highest BCUT2D eigenvalue weighted by atomic mass is 31.2. The summed E-state index contributed by atoms with van der Waals surface area (Å²) in [6.07, 6.45) is 1.39. The summed E-state index contributed by atoms with van der Waals surface area (Å²) in [7, 11) is -1.89. The van der Waals surface area contributed by atoms with E-state index in [1.165, 1.54) is 7.11 Å². The summed E-state index contributed by atoms with van der Waals surface area (Å²) in [5, 5.41) is 0. The van der Waals surface area contributed by atoms with E-state index in [4.69, 9.17) is 18.5 Å². The van der Waals surface area contributed by atoms with Crippen LogP contribution >= 0.6 is 7.94 Å². The van der Waals surface area contributed by atoms with Gasteiger partial charge in [-0.25, -0.2) is 9.05 Å². The zero-order valence-electron chi connectivity index (χ0n) is 15.8. The van der Waals surface area contributed by atoms with Crippen LogP contribution in [0.1, 0.15) is 50.0 Å². The summed E-state index contributed by atoms with van der Waals surface area (Å²) in [5.41, 5.74) is 0.940. The standard InChI is InChI=1S/C19H25O6P/c1-6-19(4)15(10-26(21)23-11-18(2,3)12-24-26)14-7-13(9-20)8-16(22-5)17(14)25-19/h7-10H,6,11-12H2,1-5H3/b15-10+. The summed E-state index contributed by atoms with van der Waals surface area (Å²) >= 11 is 0. The molecule has 2 aliphatic rings. The number of methoxy groups -OCH3 is 1. The molecule has 1 aromatic rings. The van der Waals surface area contributed by atoms with E-state index in [9.17, 15) is 9.69 Å². The fourth-order valence-corrected chi connectivity index (χ4v) is 5.03. The van der Waals surface area contributed by atoms with Crippen molar-refractivity contribution in [2.45, 2.75) is 39.7 Å². The van der Waals surface area contributed by atoms with Crippen LogP contribution in [0.2, 0.25) is 0 Å². The van der Waals surface area contributed by atoms with Crippen molar-refractivity contribution in [3.8, 4) is 11.5 Å². The Morgan fingerprint density at radius 1 is 1.27 bits per heavy atom. The van der Waals surface area contributed by atoms with Crippen LogP contribution < -0.4 is 14.4 Å². The van der Waals surface area contributed by atoms with Gasteiger partial charge in [-0.3, -0.25) is 4.79 Å². The Balaban J connectivity index is 2.10. The van der Waals surface area contributed by atoms with Gasteiger partial charge >= 0.3 is 0 Å². The molecule has 0 saturated carbocycles. The predicted octanol–water partition coefficient (Wildman–Crippen LogP) is 3.61. The van der Waals surface area contributed by atoms with Gasteiger partial charge in [-0.2, -0.15) is 0 Å². The number of benzene rings is 1. The number of ether oxygens (including phenoxy) is 2. The van der Waals surface area contributed by atoms with Crippen LogP contribution in [0.4, 0.5) is 0 Å². The van der Waals surface area contributed by atoms with Crippen LogP contribution in [-0.2, 0) is 9.05 Å². The fraction of sp³-hybridized carbons (Fsp3) is 0.526. The maximum absolute atomic E-state index is 13.1. The van der Waals surface area contributed by atoms with Gasteiger partial charge in [-0.1, -0.05) is 20.8 Å². The second kappa shape index (κ2) is 6.61. The molecule has 142 valence electrons. The molecule has 0 amide bonds. The zero-order chi connectivity index (χ0) is 19.2. The molecule has 0 aromatic heterocycles. The van der Waals surface area contributed by atoms with E-state index in [1.54, 1.807) is 17.9 Å². The molecule has 3 rings (SSSR count). The molecule has 26 heavy (non-hydrogen) atoms. The molecule has 2 heterocycles. The lowest BCUT2D eigenvalue weighted by Gasteiger charge is -2.37. The molecule has 2 aliphatic heterocycles. The van der Waals surface area contributed by atoms with E-state index < -0.39 is 13.5 Å². The van der Waals surface area contributed by atoms with E-state index in [0.717, 1.165) is 6.29 Å². The lowest BCUT2D eigenvalue weighted by molar-refractivity contribution is -0.228. The molecule has 1 unspecified atom stereocenters. The third kappa shape index (κ3) is 3.39. The van der Waals surface area contributed by atoms with Gasteiger partial charge in [0, 0.05) is 22.1 Å². The SMILES string of the molecule is CCC1(C)Oc2c(OC)cc(C=O)cc2/C1=C\[P+]1([O-])OCC(C)(C)CO1. The van der Waals surface area contributed by atoms with Gasteiger partial charge in [0.15, 0.2) is 11.5 Å². The van der Waals surface area contributed by atoms with Crippen LogP contribution in [-0.4, -0.2) is 32.2 Å². The lowest BCUT2D eigenvalue weighted by atomic mass is 9.90. The topological polar surface area (TPSA) is 77.1 Å². The van der Waals surface area contributed by atoms with Crippen molar-refractivity contribution in [3.63, 3.8) is 0 Å². The van der Waals surface area contributed by atoms with Crippen molar-refractivity contribution in [2.24, 2.45) is 5.41 Å². The highest BCUT2D eigenvalue weighted by Crippen LogP contribution is 2.63. The third-order valence-electron chi connectivity index (χ3n) is 4.85. The minimum Gasteiger partial charge on any atom is -0.628 e. The van der Waals surface area contributed by atoms with E-state index >= 15 is 0 Å². The van der Waals surface area contributed by atoms with Crippen LogP contribution in [0, 0.1) is 5.41 Å². The predicted molar refractivity (Wildman–Crippen MR) is 98.3 cm³/mol. The average molecular weight is 380 g/mol. The Morgan fingerprint density at radius 2 is 1.92 bits per heavy atom. The van der Waals surface area contributed by atoms with Gasteiger partial charge in [0.05, 0.1) is 7.11 Å². The summed E-state index contributed by atoms with van der Waals surface area (Å²) < 4.78 is 22.8. The maximum atomic E-state index is 13.1. The molecule has 1 aromatic carbocycles. The molecule has 0 spiro atoms. The summed E-state index contributed by atoms with van der Waals surface area (Å²) in [6, 6.07) is 3.35. The number of aldehydes is 1. The second-order valence-electron chi connectivity index (χ2n) is 7.70. The quantitative estimate of drug-likeness (QED) is 0.587. The molecular formula is C19H25O6P. The van der Waals surface area contributed by atoms with Crippen molar-refractivity contribution < 1.29 is 28.2 Å². The molecule has 0 N–H and O–H groups in total. The van der Waals surface area contributed by atoms with Gasteiger partial charge in [-0.15, -0.1) is 0 Å². The minimum atomic E-state index is -3.41. The second-order valence-corrected chi connectivity index (χ2v) is 9.55. The summed E-state index contributed by atoms with van der Waals surface area (Å²) in [5.74, 6) is 2.56. The van der Waals surface area contributed by atoms with Gasteiger partial charge < -0.3 is 14.4 Å². The van der Waals surface area contributed by atoms with E-state index in [2.05, 4.69) is 0 Å². The highest BCUT2D eigenvalue weighted by Gasteiger charge is 2.47. The van der Waals surface area contributed by atoms with E-state index in [-0.39, 0.29) is 5.41 Å². The monoisotopic (exact) mass is 380 g/mol. The smallest absolute Gasteiger partial charge is 0.264 e. The fourth-order valence-electron chi connectivity index (χ4n) is 3.02. The van der Waals surface area contributed by atoms with Crippen molar-refractivity contribution >= 4 is 19.8 Å². The molecule has 0 bridgehead atoms. The first-order chi connectivity index (χ1) is 12.2. The number of rotatable bonds is 4. The van der Waals surface area contributed by atoms with Crippen molar-refractivity contribution in [2.75, 3.05) is 20.3 Å². The van der Waals surface area contributed by atoms with Gasteiger partial charge in [-0.05, 0) is 25.5 Å². The molecule has 6 nitrogen and oxygen atoms in total. The zero-order valence-corrected chi connectivity index (χ0v) is 16.7. The Morgan fingerprint density at radius 3 is 2.46 bits per heavy atom. The van der Waals surface area contributed by atoms with E-state index in [0.29, 0.717) is 47.8 Å². The van der Waals surface area contributed by atoms with Crippen molar-refractivity contribution in [1.82, 2.24) is 0 Å². The first-order valence-corrected chi connectivity index (χ1v) is 10.3. The number of hydrogen-bond donors (Lipinski definition) is 0. The van der Waals surface area contributed by atoms with Crippen LogP contribution in [0.25, 0.3) is 5.57 Å². The Kier molecular flexibility index (Phi) is 4.91. The number of fused-ring (bicyclic) bond motifs is 1. The number of carbonyl (C=O) groups is 1. The Hall–Kier alpha value is -1.46.